The molecule has 1 aromatic heterocycles. The molecule has 4 aromatic carbocycles. The van der Waals surface area contributed by atoms with E-state index in [0.717, 1.165) is 69.9 Å². The minimum atomic E-state index is 0.802. The van der Waals surface area contributed by atoms with Crippen LogP contribution in [0.4, 0.5) is 11.4 Å². The van der Waals surface area contributed by atoms with Crippen molar-refractivity contribution in [2.45, 2.75) is 12.8 Å². The maximum Gasteiger partial charge on any atom is 0.168 e. The molecule has 0 unspecified atom stereocenters. The van der Waals surface area contributed by atoms with Gasteiger partial charge >= 0.3 is 0 Å². The minimum Gasteiger partial charge on any atom is -0.457 e. The van der Waals surface area contributed by atoms with Crippen LogP contribution in [0.5, 0.6) is 5.75 Å². The van der Waals surface area contributed by atoms with Gasteiger partial charge in [0, 0.05) is 28.9 Å². The van der Waals surface area contributed by atoms with E-state index < -0.39 is 0 Å². The fourth-order valence-electron chi connectivity index (χ4n) is 5.03. The van der Waals surface area contributed by atoms with Crippen LogP contribution in [0.25, 0.3) is 28.5 Å². The molecule has 1 aliphatic carbocycles. The van der Waals surface area contributed by atoms with E-state index in [9.17, 15) is 0 Å². The first-order valence-electron chi connectivity index (χ1n) is 12.5. The molecule has 37 heavy (non-hydrogen) atoms. The summed E-state index contributed by atoms with van der Waals surface area (Å²) < 4.78 is 8.38. The highest BCUT2D eigenvalue weighted by molar-refractivity contribution is 5.79. The molecule has 0 N–H and O–H groups in total. The third-order valence-corrected chi connectivity index (χ3v) is 6.77. The number of aromatic nitrogens is 3. The first-order chi connectivity index (χ1) is 18.4. The fraction of sp³-hybridized carbons (Fsp3) is 0.0625. The first kappa shape index (κ1) is 21.4. The first-order valence-corrected chi connectivity index (χ1v) is 12.5. The van der Waals surface area contributed by atoms with E-state index in [-0.39, 0.29) is 0 Å². The molecule has 2 heterocycles. The smallest absolute Gasteiger partial charge is 0.168 e. The lowest BCUT2D eigenvalue weighted by molar-refractivity contribution is 0.388. The summed E-state index contributed by atoms with van der Waals surface area (Å²) in [6.45, 7) is 0. The zero-order chi connectivity index (χ0) is 24.6. The van der Waals surface area contributed by atoms with Crippen LogP contribution in [0, 0.1) is 0 Å². The van der Waals surface area contributed by atoms with Crippen molar-refractivity contribution in [1.82, 2.24) is 14.8 Å². The largest absolute Gasteiger partial charge is 0.457 e. The number of benzene rings is 4. The van der Waals surface area contributed by atoms with Crippen LogP contribution in [-0.2, 0) is 0 Å². The summed E-state index contributed by atoms with van der Waals surface area (Å²) in [6, 6.07) is 37.2. The van der Waals surface area contributed by atoms with Gasteiger partial charge in [-0.2, -0.15) is 0 Å². The fourth-order valence-corrected chi connectivity index (χ4v) is 5.03. The Morgan fingerprint density at radius 2 is 1.27 bits per heavy atom. The maximum absolute atomic E-state index is 6.26. The van der Waals surface area contributed by atoms with Crippen LogP contribution < -0.4 is 9.64 Å². The van der Waals surface area contributed by atoms with Crippen molar-refractivity contribution in [1.29, 1.82) is 0 Å². The van der Waals surface area contributed by atoms with Gasteiger partial charge in [-0.15, -0.1) is 10.2 Å². The van der Waals surface area contributed by atoms with Gasteiger partial charge in [-0.25, -0.2) is 0 Å². The molecule has 2 aliphatic rings. The van der Waals surface area contributed by atoms with Gasteiger partial charge in [-0.1, -0.05) is 66.7 Å². The summed E-state index contributed by atoms with van der Waals surface area (Å²) in [7, 11) is 0. The minimum absolute atomic E-state index is 0.802. The second-order valence-corrected chi connectivity index (χ2v) is 9.09. The van der Waals surface area contributed by atoms with Crippen LogP contribution in [0.3, 0.4) is 0 Å². The second kappa shape index (κ2) is 8.95. The van der Waals surface area contributed by atoms with E-state index in [4.69, 9.17) is 4.74 Å². The molecule has 0 amide bonds. The lowest BCUT2D eigenvalue weighted by Crippen LogP contribution is -2.24. The Kier molecular flexibility index (Phi) is 5.18. The highest BCUT2D eigenvalue weighted by Gasteiger charge is 2.28. The van der Waals surface area contributed by atoms with E-state index in [1.54, 1.807) is 0 Å². The van der Waals surface area contributed by atoms with Gasteiger partial charge in [-0.3, -0.25) is 4.57 Å². The molecule has 0 radical (unpaired) electrons. The predicted octanol–water partition coefficient (Wildman–Crippen LogP) is 7.69. The van der Waals surface area contributed by atoms with E-state index in [1.165, 1.54) is 0 Å². The van der Waals surface area contributed by atoms with E-state index in [1.807, 2.05) is 48.5 Å². The zero-order valence-corrected chi connectivity index (χ0v) is 20.2. The monoisotopic (exact) mass is 480 g/mol. The van der Waals surface area contributed by atoms with Crippen LogP contribution in [-0.4, -0.2) is 14.8 Å². The van der Waals surface area contributed by atoms with Crippen molar-refractivity contribution in [3.8, 4) is 34.2 Å². The average Bonchev–Trinajstić information content (AvgIpc) is 3.42. The van der Waals surface area contributed by atoms with Gasteiger partial charge in [0.05, 0.1) is 11.4 Å². The van der Waals surface area contributed by atoms with E-state index in [2.05, 4.69) is 92.5 Å². The quantitative estimate of drug-likeness (QED) is 0.264. The Morgan fingerprint density at radius 3 is 2.03 bits per heavy atom. The zero-order valence-electron chi connectivity index (χ0n) is 20.2. The number of hydrogen-bond donors (Lipinski definition) is 0. The van der Waals surface area contributed by atoms with Crippen molar-refractivity contribution >= 4 is 11.4 Å². The van der Waals surface area contributed by atoms with Gasteiger partial charge in [-0.05, 0) is 61.0 Å². The Morgan fingerprint density at radius 1 is 0.622 bits per heavy atom. The molecule has 5 aromatic rings. The number of rotatable bonds is 4. The normalized spacial score (nSPS) is 14.2. The predicted molar refractivity (Wildman–Crippen MR) is 147 cm³/mol. The Hall–Kier alpha value is -4.90. The van der Waals surface area contributed by atoms with Gasteiger partial charge in [0.1, 0.15) is 5.76 Å². The van der Waals surface area contributed by atoms with Crippen LogP contribution in [0.2, 0.25) is 0 Å². The molecular weight excluding hydrogens is 456 g/mol. The summed E-state index contributed by atoms with van der Waals surface area (Å²) in [4.78, 5) is 2.28. The molecule has 0 saturated heterocycles. The molecular formula is C32H24N4O. The molecule has 1 aliphatic heterocycles. The number of anilines is 2. The van der Waals surface area contributed by atoms with Gasteiger partial charge in [0.25, 0.3) is 0 Å². The molecule has 0 atom stereocenters. The number of nitrogens with zero attached hydrogens (tertiary/aromatic N) is 4. The van der Waals surface area contributed by atoms with Crippen LogP contribution >= 0.6 is 0 Å². The van der Waals surface area contributed by atoms with Crippen molar-refractivity contribution in [2.24, 2.45) is 0 Å². The Balaban J connectivity index is 1.33. The number of hydrogen-bond acceptors (Lipinski definition) is 4. The SMILES string of the molecule is C1=CC2=C(CC1)Oc1ccccc1N2c1ccc(-c2nnc(-c3ccccc3)n2-c2ccccc2)cc1. The summed E-state index contributed by atoms with van der Waals surface area (Å²) in [5.41, 5.74) is 6.26. The highest BCUT2D eigenvalue weighted by atomic mass is 16.5. The summed E-state index contributed by atoms with van der Waals surface area (Å²) in [5, 5.41) is 9.25. The summed E-state index contributed by atoms with van der Waals surface area (Å²) in [6.07, 6.45) is 6.27. The van der Waals surface area contributed by atoms with Crippen LogP contribution in [0.15, 0.2) is 133 Å². The Labute approximate surface area is 215 Å². The molecule has 0 saturated carbocycles. The number of para-hydroxylation sites is 3. The standard InChI is InChI=1S/C32H24N4O/c1-3-11-23(12-4-1)31-33-34-32(36(31)25-13-5-2-6-14-25)24-19-21-26(22-20-24)35-27-15-7-9-17-29(27)37-30-18-10-8-16-28(30)35/h1-9,11-17,19-22H,10,18H2. The van der Waals surface area contributed by atoms with Crippen molar-refractivity contribution < 1.29 is 4.74 Å². The topological polar surface area (TPSA) is 43.2 Å². The Bertz CT molecular complexity index is 1630. The number of ether oxygens (including phenoxy) is 1. The van der Waals surface area contributed by atoms with Crippen molar-refractivity contribution in [2.75, 3.05) is 4.90 Å². The molecule has 5 heteroatoms. The average molecular weight is 481 g/mol. The molecule has 5 nitrogen and oxygen atoms in total. The number of allylic oxidation sites excluding steroid dienone is 3. The van der Waals surface area contributed by atoms with Gasteiger partial charge < -0.3 is 9.64 Å². The van der Waals surface area contributed by atoms with Gasteiger partial charge in [0.2, 0.25) is 0 Å². The van der Waals surface area contributed by atoms with Crippen molar-refractivity contribution in [3.63, 3.8) is 0 Å². The third-order valence-electron chi connectivity index (χ3n) is 6.77. The van der Waals surface area contributed by atoms with Crippen molar-refractivity contribution in [3.05, 3.63) is 133 Å². The summed E-state index contributed by atoms with van der Waals surface area (Å²) >= 11 is 0. The molecule has 0 fully saturated rings. The van der Waals surface area contributed by atoms with Gasteiger partial charge in [0.15, 0.2) is 17.4 Å². The molecule has 0 spiro atoms. The second-order valence-electron chi connectivity index (χ2n) is 9.09. The van der Waals surface area contributed by atoms with E-state index in [0.29, 0.717) is 0 Å². The lowest BCUT2D eigenvalue weighted by Gasteiger charge is -2.35. The number of fused-ring (bicyclic) bond motifs is 1. The van der Waals surface area contributed by atoms with E-state index >= 15 is 0 Å². The molecule has 178 valence electrons. The third kappa shape index (κ3) is 3.72. The maximum atomic E-state index is 6.26. The van der Waals surface area contributed by atoms with Crippen LogP contribution in [0.1, 0.15) is 12.8 Å². The highest BCUT2D eigenvalue weighted by Crippen LogP contribution is 2.45. The molecule has 7 rings (SSSR count). The lowest BCUT2D eigenvalue weighted by atomic mass is 10.0. The summed E-state index contributed by atoms with van der Waals surface area (Å²) in [5.74, 6) is 3.52. The molecule has 0 bridgehead atoms.